The maximum atomic E-state index is 13.0. The number of pyridine rings is 1. The van der Waals surface area contributed by atoms with Gasteiger partial charge in [-0.15, -0.1) is 0 Å². The molecule has 2 aliphatic rings. The normalized spacial score (nSPS) is 20.9. The number of piperidine rings is 2. The highest BCUT2D eigenvalue weighted by Crippen LogP contribution is 2.30. The number of H-pyrrole nitrogens is 1. The number of aromatic nitrogens is 3. The Morgan fingerprint density at radius 1 is 1.10 bits per heavy atom. The van der Waals surface area contributed by atoms with Gasteiger partial charge in [0.1, 0.15) is 0 Å². The molecule has 2 aromatic rings. The van der Waals surface area contributed by atoms with Gasteiger partial charge in [-0.3, -0.25) is 14.9 Å². The summed E-state index contributed by atoms with van der Waals surface area (Å²) in [6.45, 7) is 2.48. The Bertz CT molecular complexity index is 954. The van der Waals surface area contributed by atoms with Crippen molar-refractivity contribution < 1.29 is 13.2 Å². The van der Waals surface area contributed by atoms with Crippen LogP contribution < -0.4 is 0 Å². The zero-order valence-electron chi connectivity index (χ0n) is 17.2. The van der Waals surface area contributed by atoms with Crippen LogP contribution in [0.1, 0.15) is 59.6 Å². The lowest BCUT2D eigenvalue weighted by molar-refractivity contribution is 0.0722. The Kier molecular flexibility index (Phi) is 6.48. The molecule has 0 spiro atoms. The first-order valence-electron chi connectivity index (χ1n) is 10.7. The molecule has 1 atom stereocenters. The van der Waals surface area contributed by atoms with Crippen LogP contribution in [0.25, 0.3) is 0 Å². The van der Waals surface area contributed by atoms with E-state index in [1.54, 1.807) is 22.9 Å². The lowest BCUT2D eigenvalue weighted by Gasteiger charge is -2.32. The van der Waals surface area contributed by atoms with Crippen LogP contribution in [0.5, 0.6) is 0 Å². The van der Waals surface area contributed by atoms with E-state index in [0.29, 0.717) is 25.1 Å². The van der Waals surface area contributed by atoms with Crippen LogP contribution in [0.3, 0.4) is 0 Å². The number of carbonyl (C=O) groups is 1. The van der Waals surface area contributed by atoms with Gasteiger partial charge >= 0.3 is 0 Å². The van der Waals surface area contributed by atoms with Crippen LogP contribution in [0, 0.1) is 0 Å². The Hall–Kier alpha value is -2.26. The summed E-state index contributed by atoms with van der Waals surface area (Å²) in [4.78, 5) is 18.9. The number of nitrogens with one attached hydrogen (secondary N) is 1. The average Bonchev–Trinajstić information content (AvgIpc) is 3.29. The van der Waals surface area contributed by atoms with Gasteiger partial charge in [0.25, 0.3) is 5.91 Å². The topological polar surface area (TPSA) is 99.3 Å². The predicted octanol–water partition coefficient (Wildman–Crippen LogP) is 2.18. The molecular weight excluding hydrogens is 402 g/mol. The summed E-state index contributed by atoms with van der Waals surface area (Å²) in [7, 11) is -3.38. The van der Waals surface area contributed by atoms with E-state index in [0.717, 1.165) is 56.5 Å². The van der Waals surface area contributed by atoms with E-state index >= 15 is 0 Å². The molecule has 2 fully saturated rings. The summed E-state index contributed by atoms with van der Waals surface area (Å²) >= 11 is 0. The lowest BCUT2D eigenvalue weighted by Crippen LogP contribution is -2.41. The molecule has 2 aliphatic heterocycles. The molecule has 4 rings (SSSR count). The number of hydrogen-bond donors (Lipinski definition) is 1. The molecule has 2 aromatic heterocycles. The van der Waals surface area contributed by atoms with Gasteiger partial charge in [-0.1, -0.05) is 0 Å². The van der Waals surface area contributed by atoms with E-state index in [2.05, 4.69) is 15.2 Å². The van der Waals surface area contributed by atoms with Crippen LogP contribution in [-0.4, -0.2) is 70.6 Å². The van der Waals surface area contributed by atoms with Crippen LogP contribution in [0.2, 0.25) is 0 Å². The van der Waals surface area contributed by atoms with Crippen molar-refractivity contribution in [2.24, 2.45) is 0 Å². The van der Waals surface area contributed by atoms with E-state index in [4.69, 9.17) is 0 Å². The van der Waals surface area contributed by atoms with Crippen LogP contribution in [-0.2, 0) is 16.4 Å². The Morgan fingerprint density at radius 2 is 1.87 bits per heavy atom. The highest BCUT2D eigenvalue weighted by molar-refractivity contribution is 7.89. The fourth-order valence-electron chi connectivity index (χ4n) is 4.40. The first-order valence-corrected chi connectivity index (χ1v) is 12.3. The van der Waals surface area contributed by atoms with E-state index in [1.165, 1.54) is 0 Å². The molecule has 0 aliphatic carbocycles. The molecule has 8 nitrogen and oxygen atoms in total. The molecule has 0 bridgehead atoms. The van der Waals surface area contributed by atoms with Gasteiger partial charge in [0.05, 0.1) is 23.2 Å². The molecule has 1 unspecified atom stereocenters. The summed E-state index contributed by atoms with van der Waals surface area (Å²) < 4.78 is 27.5. The van der Waals surface area contributed by atoms with E-state index in [-0.39, 0.29) is 17.6 Å². The van der Waals surface area contributed by atoms with Gasteiger partial charge in [0.2, 0.25) is 10.0 Å². The number of aromatic amines is 1. The Labute approximate surface area is 177 Å². The number of nitrogens with zero attached hydrogens (tertiary/aromatic N) is 4. The molecule has 2 saturated heterocycles. The van der Waals surface area contributed by atoms with Gasteiger partial charge in [-0.25, -0.2) is 12.7 Å². The fourth-order valence-corrected chi connectivity index (χ4v) is 5.97. The number of aryl methyl sites for hydroxylation is 1. The van der Waals surface area contributed by atoms with Crippen LogP contribution >= 0.6 is 0 Å². The van der Waals surface area contributed by atoms with Gasteiger partial charge in [-0.2, -0.15) is 5.10 Å². The van der Waals surface area contributed by atoms with Gasteiger partial charge in [0, 0.05) is 44.5 Å². The van der Waals surface area contributed by atoms with E-state index in [9.17, 15) is 13.2 Å². The van der Waals surface area contributed by atoms with E-state index in [1.807, 2.05) is 17.0 Å². The highest BCUT2D eigenvalue weighted by atomic mass is 32.2. The molecule has 162 valence electrons. The van der Waals surface area contributed by atoms with Gasteiger partial charge in [0.15, 0.2) is 0 Å². The summed E-state index contributed by atoms with van der Waals surface area (Å²) in [5.41, 5.74) is 2.34. The predicted molar refractivity (Wildman–Crippen MR) is 114 cm³/mol. The minimum Gasteiger partial charge on any atom is -0.339 e. The third kappa shape index (κ3) is 4.73. The molecule has 1 amide bonds. The number of sulfonamides is 1. The highest BCUT2D eigenvalue weighted by Gasteiger charge is 2.33. The van der Waals surface area contributed by atoms with Crippen molar-refractivity contribution >= 4 is 15.9 Å². The number of likely N-dealkylation sites (tertiary alicyclic amines) is 1. The first-order chi connectivity index (χ1) is 14.5. The lowest BCUT2D eigenvalue weighted by atomic mass is 9.93. The summed E-state index contributed by atoms with van der Waals surface area (Å²) in [6.07, 6.45) is 10.3. The molecule has 9 heteroatoms. The maximum Gasteiger partial charge on any atom is 0.257 e. The van der Waals surface area contributed by atoms with E-state index < -0.39 is 10.0 Å². The third-order valence-corrected chi connectivity index (χ3v) is 7.96. The molecule has 30 heavy (non-hydrogen) atoms. The van der Waals surface area contributed by atoms with Gasteiger partial charge in [-0.05, 0) is 56.2 Å². The average molecular weight is 432 g/mol. The second-order valence-corrected chi connectivity index (χ2v) is 10.3. The zero-order valence-corrected chi connectivity index (χ0v) is 18.0. The van der Waals surface area contributed by atoms with Crippen molar-refractivity contribution in [1.82, 2.24) is 24.4 Å². The Morgan fingerprint density at radius 3 is 2.63 bits per heavy atom. The molecular formula is C21H29N5O3S. The quantitative estimate of drug-likeness (QED) is 0.756. The molecule has 0 aromatic carbocycles. The monoisotopic (exact) mass is 431 g/mol. The molecule has 0 radical (unpaired) electrons. The van der Waals surface area contributed by atoms with Crippen molar-refractivity contribution in [3.05, 3.63) is 47.5 Å². The fraction of sp³-hybridized carbons (Fsp3) is 0.571. The first kappa shape index (κ1) is 21.0. The van der Waals surface area contributed by atoms with Crippen molar-refractivity contribution in [1.29, 1.82) is 0 Å². The second-order valence-electron chi connectivity index (χ2n) is 8.17. The SMILES string of the molecule is O=C(c1cn[nH]c1C1CCCN(S(=O)(=O)CCc2ccncc2)C1)N1CCCCC1. The molecule has 0 saturated carbocycles. The van der Waals surface area contributed by atoms with Crippen molar-refractivity contribution in [2.75, 3.05) is 31.9 Å². The minimum atomic E-state index is -3.38. The maximum absolute atomic E-state index is 13.0. The number of carbonyl (C=O) groups excluding carboxylic acids is 1. The standard InChI is InChI=1S/C21H29N5O3S/c27-21(25-11-2-1-3-12-25)19-15-23-24-20(19)18-5-4-13-26(16-18)30(28,29)14-8-17-6-9-22-10-7-17/h6-7,9-10,15,18H,1-5,8,11-14,16H2,(H,23,24). The summed E-state index contributed by atoms with van der Waals surface area (Å²) in [6, 6.07) is 3.69. The minimum absolute atomic E-state index is 0.0103. The largest absolute Gasteiger partial charge is 0.339 e. The Balaban J connectivity index is 1.44. The summed E-state index contributed by atoms with van der Waals surface area (Å²) in [5, 5.41) is 7.13. The van der Waals surface area contributed by atoms with Crippen molar-refractivity contribution in [3.8, 4) is 0 Å². The molecule has 4 heterocycles. The number of amides is 1. The number of rotatable bonds is 6. The van der Waals surface area contributed by atoms with Crippen LogP contribution in [0.15, 0.2) is 30.7 Å². The zero-order chi connectivity index (χ0) is 21.0. The van der Waals surface area contributed by atoms with Crippen LogP contribution in [0.4, 0.5) is 0 Å². The van der Waals surface area contributed by atoms with Crippen molar-refractivity contribution in [2.45, 2.75) is 44.4 Å². The summed E-state index contributed by atoms with van der Waals surface area (Å²) in [5.74, 6) is 0.0449. The van der Waals surface area contributed by atoms with Crippen molar-refractivity contribution in [3.63, 3.8) is 0 Å². The smallest absolute Gasteiger partial charge is 0.257 e. The second kappa shape index (κ2) is 9.26. The number of hydrogen-bond acceptors (Lipinski definition) is 5. The van der Waals surface area contributed by atoms with Gasteiger partial charge < -0.3 is 4.90 Å². The third-order valence-electron chi connectivity index (χ3n) is 6.13. The molecule has 1 N–H and O–H groups in total.